The first-order chi connectivity index (χ1) is 20.3. The van der Waals surface area contributed by atoms with Gasteiger partial charge in [0.15, 0.2) is 0 Å². The summed E-state index contributed by atoms with van der Waals surface area (Å²) in [5, 5.41) is 40.2. The third-order valence-electron chi connectivity index (χ3n) is 8.12. The van der Waals surface area contributed by atoms with Crippen LogP contribution >= 0.6 is 0 Å². The number of rotatable bonds is 32. The molecule has 2 unspecified atom stereocenters. The monoisotopic (exact) mass is 638 g/mol. The van der Waals surface area contributed by atoms with Gasteiger partial charge in [-0.1, -0.05) is 155 Å². The molecule has 0 aromatic carbocycles. The van der Waals surface area contributed by atoms with Crippen molar-refractivity contribution in [2.24, 2.45) is 0 Å². The van der Waals surface area contributed by atoms with Gasteiger partial charge in [-0.05, 0) is 51.4 Å². The molecule has 7 heteroatoms. The SMILES string of the molecule is CCCCCCCCCCC(O)CCCCCCC(=O)[O-].CCCCCCCCCCC(O)CCCCCCC(=O)[O-].[Ca+2]. The van der Waals surface area contributed by atoms with E-state index in [1.54, 1.807) is 0 Å². The minimum Gasteiger partial charge on any atom is -0.550 e. The van der Waals surface area contributed by atoms with Crippen LogP contribution in [0.15, 0.2) is 0 Å². The standard InChI is InChI=1S/2C18H36O3.Ca/c2*1-2-3-4-5-6-7-8-11-14-17(19)15-12-9-10-13-16-18(20)21;/h2*17,19H,2-16H2,1H3,(H,20,21);/q;;+2/p-2. The molecular weight excluding hydrogens is 568 g/mol. The molecular formula is C36H70CaO6. The molecule has 252 valence electrons. The van der Waals surface area contributed by atoms with E-state index in [4.69, 9.17) is 0 Å². The van der Waals surface area contributed by atoms with Crippen molar-refractivity contribution in [2.75, 3.05) is 0 Å². The van der Waals surface area contributed by atoms with Crippen LogP contribution in [0.2, 0.25) is 0 Å². The Hall–Kier alpha value is 0.120. The molecule has 0 aromatic heterocycles. The maximum Gasteiger partial charge on any atom is 2.00 e. The predicted octanol–water partition coefficient (Wildman–Crippen LogP) is 7.56. The fourth-order valence-electron chi connectivity index (χ4n) is 5.32. The topological polar surface area (TPSA) is 121 Å². The summed E-state index contributed by atoms with van der Waals surface area (Å²) in [6.07, 6.45) is 31.8. The molecule has 0 rings (SSSR count). The molecule has 6 nitrogen and oxygen atoms in total. The minimum absolute atomic E-state index is 0. The van der Waals surface area contributed by atoms with Gasteiger partial charge in [-0.25, -0.2) is 0 Å². The van der Waals surface area contributed by atoms with E-state index in [-0.39, 0.29) is 62.8 Å². The first kappa shape index (κ1) is 47.5. The van der Waals surface area contributed by atoms with Crippen LogP contribution in [-0.4, -0.2) is 72.1 Å². The number of aliphatic carboxylic acids is 2. The van der Waals surface area contributed by atoms with Gasteiger partial charge < -0.3 is 30.0 Å². The van der Waals surface area contributed by atoms with Crippen molar-refractivity contribution >= 4 is 49.7 Å². The van der Waals surface area contributed by atoms with Gasteiger partial charge in [0, 0.05) is 11.9 Å². The number of unbranched alkanes of at least 4 members (excludes halogenated alkanes) is 20. The van der Waals surface area contributed by atoms with Gasteiger partial charge in [0.1, 0.15) is 0 Å². The Balaban J connectivity index is -0.000000727. The number of hydrogen-bond donors (Lipinski definition) is 2. The van der Waals surface area contributed by atoms with E-state index < -0.39 is 11.9 Å². The van der Waals surface area contributed by atoms with Gasteiger partial charge in [-0.3, -0.25) is 0 Å². The van der Waals surface area contributed by atoms with Crippen molar-refractivity contribution in [3.8, 4) is 0 Å². The van der Waals surface area contributed by atoms with Crippen LogP contribution in [0.4, 0.5) is 0 Å². The van der Waals surface area contributed by atoms with Crippen molar-refractivity contribution in [3.05, 3.63) is 0 Å². The molecule has 0 saturated carbocycles. The average molecular weight is 639 g/mol. The summed E-state index contributed by atoms with van der Waals surface area (Å²) in [6.45, 7) is 4.48. The second-order valence-electron chi connectivity index (χ2n) is 12.5. The van der Waals surface area contributed by atoms with Crippen molar-refractivity contribution in [3.63, 3.8) is 0 Å². The molecule has 0 fully saturated rings. The number of carboxylic acid groups (broad SMARTS) is 2. The molecule has 43 heavy (non-hydrogen) atoms. The normalized spacial score (nSPS) is 12.2. The molecule has 0 aromatic rings. The summed E-state index contributed by atoms with van der Waals surface area (Å²) >= 11 is 0. The molecule has 2 atom stereocenters. The average Bonchev–Trinajstić information content (AvgIpc) is 2.95. The Kier molecular flexibility index (Phi) is 44.4. The van der Waals surface area contributed by atoms with Crippen molar-refractivity contribution in [1.82, 2.24) is 0 Å². The van der Waals surface area contributed by atoms with Crippen LogP contribution in [0.25, 0.3) is 0 Å². The maximum atomic E-state index is 10.2. The van der Waals surface area contributed by atoms with Crippen LogP contribution in [0.1, 0.15) is 206 Å². The van der Waals surface area contributed by atoms with E-state index in [1.807, 2.05) is 0 Å². The largest absolute Gasteiger partial charge is 2.00 e. The van der Waals surface area contributed by atoms with Gasteiger partial charge >= 0.3 is 37.7 Å². The van der Waals surface area contributed by atoms with Crippen LogP contribution in [0.5, 0.6) is 0 Å². The van der Waals surface area contributed by atoms with E-state index in [0.717, 1.165) is 77.0 Å². The Morgan fingerprint density at radius 2 is 0.628 bits per heavy atom. The van der Waals surface area contributed by atoms with Gasteiger partial charge in [-0.2, -0.15) is 0 Å². The van der Waals surface area contributed by atoms with Gasteiger partial charge in [0.25, 0.3) is 0 Å². The molecule has 0 aliphatic heterocycles. The molecule has 0 spiro atoms. The summed E-state index contributed by atoms with van der Waals surface area (Å²) in [7, 11) is 0. The van der Waals surface area contributed by atoms with Crippen LogP contribution in [0.3, 0.4) is 0 Å². The fourth-order valence-corrected chi connectivity index (χ4v) is 5.32. The van der Waals surface area contributed by atoms with Gasteiger partial charge in [0.2, 0.25) is 0 Å². The number of carbonyl (C=O) groups excluding carboxylic acids is 2. The zero-order valence-electron chi connectivity index (χ0n) is 28.6. The summed E-state index contributed by atoms with van der Waals surface area (Å²) in [6, 6.07) is 0. The van der Waals surface area contributed by atoms with Crippen molar-refractivity contribution in [2.45, 2.75) is 219 Å². The first-order valence-electron chi connectivity index (χ1n) is 18.1. The Bertz CT molecular complexity index is 512. The Morgan fingerprint density at radius 3 is 0.860 bits per heavy atom. The van der Waals surface area contributed by atoms with Crippen LogP contribution in [-0.2, 0) is 9.59 Å². The van der Waals surface area contributed by atoms with Gasteiger partial charge in [0.05, 0.1) is 12.2 Å². The zero-order chi connectivity index (χ0) is 31.5. The number of hydrogen-bond acceptors (Lipinski definition) is 6. The molecule has 0 aliphatic carbocycles. The predicted molar refractivity (Wildman–Crippen MR) is 178 cm³/mol. The molecule has 0 radical (unpaired) electrons. The maximum absolute atomic E-state index is 10.2. The van der Waals surface area contributed by atoms with E-state index in [0.29, 0.717) is 12.8 Å². The van der Waals surface area contributed by atoms with E-state index in [9.17, 15) is 30.0 Å². The molecule has 0 aliphatic rings. The smallest absolute Gasteiger partial charge is 0.550 e. The molecule has 0 saturated heterocycles. The van der Waals surface area contributed by atoms with Crippen LogP contribution < -0.4 is 10.2 Å². The van der Waals surface area contributed by atoms with Crippen LogP contribution in [0, 0.1) is 0 Å². The third kappa shape index (κ3) is 46.7. The Morgan fingerprint density at radius 1 is 0.419 bits per heavy atom. The minimum atomic E-state index is -0.954. The first-order valence-corrected chi connectivity index (χ1v) is 18.1. The van der Waals surface area contributed by atoms with E-state index in [1.165, 1.54) is 89.9 Å². The Labute approximate surface area is 296 Å². The third-order valence-corrected chi connectivity index (χ3v) is 8.12. The quantitative estimate of drug-likeness (QED) is 0.0580. The molecule has 0 heterocycles. The number of aliphatic hydroxyl groups excluding tert-OH is 2. The zero-order valence-corrected chi connectivity index (χ0v) is 30.8. The molecule has 0 bridgehead atoms. The number of carbonyl (C=O) groups is 2. The van der Waals surface area contributed by atoms with Gasteiger partial charge in [-0.15, -0.1) is 0 Å². The van der Waals surface area contributed by atoms with E-state index in [2.05, 4.69) is 13.8 Å². The second kappa shape index (κ2) is 40.1. The second-order valence-corrected chi connectivity index (χ2v) is 12.5. The fraction of sp³-hybridized carbons (Fsp3) is 0.944. The van der Waals surface area contributed by atoms with Crippen molar-refractivity contribution < 1.29 is 30.0 Å². The van der Waals surface area contributed by atoms with E-state index >= 15 is 0 Å². The number of aliphatic hydroxyl groups is 2. The molecule has 2 N–H and O–H groups in total. The summed E-state index contributed by atoms with van der Waals surface area (Å²) in [5.41, 5.74) is 0. The number of carboxylic acids is 2. The summed E-state index contributed by atoms with van der Waals surface area (Å²) < 4.78 is 0. The summed E-state index contributed by atoms with van der Waals surface area (Å²) in [4.78, 5) is 20.5. The van der Waals surface area contributed by atoms with Crippen molar-refractivity contribution in [1.29, 1.82) is 0 Å². The summed E-state index contributed by atoms with van der Waals surface area (Å²) in [5.74, 6) is -1.91. The molecule has 0 amide bonds.